The summed E-state index contributed by atoms with van der Waals surface area (Å²) in [6.07, 6.45) is 0. The quantitative estimate of drug-likeness (QED) is 0.663. The second kappa shape index (κ2) is 6.09. The van der Waals surface area contributed by atoms with E-state index in [0.717, 1.165) is 27.8 Å². The molecule has 0 heterocycles. The number of amidine groups is 1. The molecule has 0 saturated heterocycles. The number of nitrogen functional groups attached to an aromatic ring is 1. The summed E-state index contributed by atoms with van der Waals surface area (Å²) in [5.74, 6) is 0.0963. The van der Waals surface area contributed by atoms with Crippen molar-refractivity contribution < 1.29 is 0 Å². The Kier molecular flexibility index (Phi) is 4.45. The molecule has 4 heteroatoms. The minimum atomic E-state index is 0.0963. The standard InChI is InChI=1S/C16H18BrN3/c1-11-7-8-13(16(18)19)15(9-11)20(2)10-12-5-3-4-6-14(12)17/h3-9H,10H2,1-2H3,(H3,18,19). The van der Waals surface area contributed by atoms with Crippen LogP contribution in [0.1, 0.15) is 16.7 Å². The van der Waals surface area contributed by atoms with Gasteiger partial charge in [-0.05, 0) is 36.2 Å². The highest BCUT2D eigenvalue weighted by atomic mass is 79.9. The molecule has 0 radical (unpaired) electrons. The summed E-state index contributed by atoms with van der Waals surface area (Å²) in [6, 6.07) is 14.1. The van der Waals surface area contributed by atoms with Crippen molar-refractivity contribution in [3.63, 3.8) is 0 Å². The van der Waals surface area contributed by atoms with E-state index in [9.17, 15) is 0 Å². The summed E-state index contributed by atoms with van der Waals surface area (Å²) in [4.78, 5) is 2.11. The molecule has 0 saturated carbocycles. The van der Waals surface area contributed by atoms with Crippen LogP contribution in [0.25, 0.3) is 0 Å². The fourth-order valence-corrected chi connectivity index (χ4v) is 2.56. The molecule has 0 fully saturated rings. The van der Waals surface area contributed by atoms with Gasteiger partial charge in [0, 0.05) is 29.3 Å². The number of halogens is 1. The summed E-state index contributed by atoms with van der Waals surface area (Å²) in [7, 11) is 2.01. The van der Waals surface area contributed by atoms with Crippen LogP contribution < -0.4 is 10.6 Å². The molecule has 0 aliphatic rings. The Morgan fingerprint density at radius 1 is 1.25 bits per heavy atom. The summed E-state index contributed by atoms with van der Waals surface area (Å²) in [5, 5.41) is 7.70. The molecular weight excluding hydrogens is 314 g/mol. The maximum Gasteiger partial charge on any atom is 0.124 e. The molecule has 0 bridgehead atoms. The average molecular weight is 332 g/mol. The topological polar surface area (TPSA) is 53.1 Å². The van der Waals surface area contributed by atoms with Gasteiger partial charge in [0.15, 0.2) is 0 Å². The highest BCUT2D eigenvalue weighted by molar-refractivity contribution is 9.10. The fourth-order valence-electron chi connectivity index (χ4n) is 2.15. The Balaban J connectivity index is 2.34. The van der Waals surface area contributed by atoms with Crippen molar-refractivity contribution in [2.45, 2.75) is 13.5 Å². The number of anilines is 1. The number of aryl methyl sites for hydroxylation is 1. The molecule has 20 heavy (non-hydrogen) atoms. The molecule has 0 atom stereocenters. The molecule has 0 unspecified atom stereocenters. The number of nitrogens with zero attached hydrogens (tertiary/aromatic N) is 1. The molecular formula is C16H18BrN3. The van der Waals surface area contributed by atoms with Crippen molar-refractivity contribution in [3.05, 3.63) is 63.6 Å². The van der Waals surface area contributed by atoms with E-state index in [-0.39, 0.29) is 5.84 Å². The number of rotatable bonds is 4. The van der Waals surface area contributed by atoms with Crippen LogP contribution in [0.4, 0.5) is 5.69 Å². The van der Waals surface area contributed by atoms with E-state index in [1.807, 2.05) is 44.3 Å². The van der Waals surface area contributed by atoms with E-state index < -0.39 is 0 Å². The molecule has 2 aromatic rings. The zero-order chi connectivity index (χ0) is 14.7. The van der Waals surface area contributed by atoms with Crippen molar-refractivity contribution in [1.29, 1.82) is 5.41 Å². The van der Waals surface area contributed by atoms with Gasteiger partial charge < -0.3 is 10.6 Å². The molecule has 0 aliphatic carbocycles. The van der Waals surface area contributed by atoms with Crippen LogP contribution in [0.2, 0.25) is 0 Å². The lowest BCUT2D eigenvalue weighted by atomic mass is 10.1. The van der Waals surface area contributed by atoms with Crippen molar-refractivity contribution >= 4 is 27.5 Å². The van der Waals surface area contributed by atoms with Crippen LogP contribution in [0, 0.1) is 12.3 Å². The maximum absolute atomic E-state index is 7.70. The van der Waals surface area contributed by atoms with Gasteiger partial charge in [-0.15, -0.1) is 0 Å². The van der Waals surface area contributed by atoms with Crippen molar-refractivity contribution in [1.82, 2.24) is 0 Å². The first-order valence-corrected chi connectivity index (χ1v) is 7.18. The highest BCUT2D eigenvalue weighted by Gasteiger charge is 2.11. The summed E-state index contributed by atoms with van der Waals surface area (Å²) in [6.45, 7) is 2.80. The number of hydrogen-bond donors (Lipinski definition) is 2. The first kappa shape index (κ1) is 14.6. The Morgan fingerprint density at radius 3 is 2.60 bits per heavy atom. The highest BCUT2D eigenvalue weighted by Crippen LogP contribution is 2.25. The molecule has 3 N–H and O–H groups in total. The molecule has 0 aliphatic heterocycles. The molecule has 0 amide bonds. The molecule has 2 rings (SSSR count). The average Bonchev–Trinajstić information content (AvgIpc) is 2.40. The summed E-state index contributed by atoms with van der Waals surface area (Å²) >= 11 is 3.57. The second-order valence-electron chi connectivity index (χ2n) is 4.88. The van der Waals surface area contributed by atoms with Crippen LogP contribution in [-0.4, -0.2) is 12.9 Å². The SMILES string of the molecule is Cc1ccc(C(=N)N)c(N(C)Cc2ccccc2Br)c1. The molecule has 0 spiro atoms. The number of benzene rings is 2. The third-order valence-electron chi connectivity index (χ3n) is 3.22. The lowest BCUT2D eigenvalue weighted by Gasteiger charge is -2.23. The van der Waals surface area contributed by atoms with Gasteiger partial charge in [-0.1, -0.05) is 40.2 Å². The van der Waals surface area contributed by atoms with E-state index in [1.54, 1.807) is 0 Å². The lowest BCUT2D eigenvalue weighted by Crippen LogP contribution is -2.22. The van der Waals surface area contributed by atoms with E-state index in [2.05, 4.69) is 33.0 Å². The predicted molar refractivity (Wildman–Crippen MR) is 88.4 cm³/mol. The smallest absolute Gasteiger partial charge is 0.124 e. The van der Waals surface area contributed by atoms with Gasteiger partial charge in [-0.25, -0.2) is 0 Å². The van der Waals surface area contributed by atoms with Gasteiger partial charge in [0.2, 0.25) is 0 Å². The van der Waals surface area contributed by atoms with Crippen LogP contribution >= 0.6 is 15.9 Å². The number of hydrogen-bond acceptors (Lipinski definition) is 2. The zero-order valence-electron chi connectivity index (χ0n) is 11.7. The summed E-state index contributed by atoms with van der Waals surface area (Å²) in [5.41, 5.74) is 9.78. The molecule has 104 valence electrons. The summed E-state index contributed by atoms with van der Waals surface area (Å²) < 4.78 is 1.09. The normalized spacial score (nSPS) is 10.3. The van der Waals surface area contributed by atoms with Crippen molar-refractivity contribution in [2.24, 2.45) is 5.73 Å². The molecule has 3 nitrogen and oxygen atoms in total. The van der Waals surface area contributed by atoms with E-state index in [0.29, 0.717) is 0 Å². The Labute approximate surface area is 128 Å². The van der Waals surface area contributed by atoms with Gasteiger partial charge in [0.1, 0.15) is 5.84 Å². The van der Waals surface area contributed by atoms with Gasteiger partial charge in [-0.2, -0.15) is 0 Å². The van der Waals surface area contributed by atoms with Crippen LogP contribution in [0.5, 0.6) is 0 Å². The molecule has 2 aromatic carbocycles. The third-order valence-corrected chi connectivity index (χ3v) is 3.99. The van der Waals surface area contributed by atoms with E-state index >= 15 is 0 Å². The lowest BCUT2D eigenvalue weighted by molar-refractivity contribution is 0.915. The third kappa shape index (κ3) is 3.20. The zero-order valence-corrected chi connectivity index (χ0v) is 13.2. The van der Waals surface area contributed by atoms with Crippen molar-refractivity contribution in [2.75, 3.05) is 11.9 Å². The largest absolute Gasteiger partial charge is 0.384 e. The van der Waals surface area contributed by atoms with Crippen molar-refractivity contribution in [3.8, 4) is 0 Å². The fraction of sp³-hybridized carbons (Fsp3) is 0.188. The second-order valence-corrected chi connectivity index (χ2v) is 5.74. The van der Waals surface area contributed by atoms with Gasteiger partial charge in [0.25, 0.3) is 0 Å². The minimum Gasteiger partial charge on any atom is -0.384 e. The van der Waals surface area contributed by atoms with Gasteiger partial charge in [0.05, 0.1) is 0 Å². The maximum atomic E-state index is 7.70. The Bertz CT molecular complexity index is 637. The minimum absolute atomic E-state index is 0.0963. The predicted octanol–water partition coefficient (Wildman–Crippen LogP) is 3.68. The van der Waals surface area contributed by atoms with Gasteiger partial charge >= 0.3 is 0 Å². The Hall–Kier alpha value is -1.81. The van der Waals surface area contributed by atoms with E-state index in [4.69, 9.17) is 11.1 Å². The number of nitrogens with two attached hydrogens (primary N) is 1. The Morgan fingerprint density at radius 2 is 1.95 bits per heavy atom. The number of nitrogens with one attached hydrogen (secondary N) is 1. The molecule has 0 aromatic heterocycles. The van der Waals surface area contributed by atoms with Gasteiger partial charge in [-0.3, -0.25) is 5.41 Å². The van der Waals surface area contributed by atoms with Crippen LogP contribution in [0.15, 0.2) is 46.9 Å². The van der Waals surface area contributed by atoms with E-state index in [1.165, 1.54) is 5.56 Å². The first-order chi connectivity index (χ1) is 9.49. The monoisotopic (exact) mass is 331 g/mol. The van der Waals surface area contributed by atoms with Crippen LogP contribution in [-0.2, 0) is 6.54 Å². The van der Waals surface area contributed by atoms with Crippen LogP contribution in [0.3, 0.4) is 0 Å². The first-order valence-electron chi connectivity index (χ1n) is 6.38.